The zero-order chi connectivity index (χ0) is 11.5. The summed E-state index contributed by atoms with van der Waals surface area (Å²) < 4.78 is 0.968. The Hall–Kier alpha value is -1.62. The number of halogens is 1. The molecule has 0 saturated heterocycles. The number of aromatic nitrogens is 2. The van der Waals surface area contributed by atoms with Gasteiger partial charge in [-0.05, 0) is 24.6 Å². The Morgan fingerprint density at radius 2 is 2.31 bits per heavy atom. The van der Waals surface area contributed by atoms with E-state index in [2.05, 4.69) is 31.2 Å². The number of carbonyl (C=O) groups is 1. The second-order valence-corrected chi connectivity index (χ2v) is 4.24. The number of benzene rings is 1. The highest BCUT2D eigenvalue weighted by Crippen LogP contribution is 2.20. The molecule has 1 aromatic carbocycles. The SMILES string of the molecule is Cc1ccc(NC(=O)c2cnc[nH]2)cc1Br. The topological polar surface area (TPSA) is 57.8 Å². The molecule has 0 unspecified atom stereocenters. The lowest BCUT2D eigenvalue weighted by atomic mass is 10.2. The summed E-state index contributed by atoms with van der Waals surface area (Å²) in [6.45, 7) is 1.99. The van der Waals surface area contributed by atoms with Crippen molar-refractivity contribution in [3.8, 4) is 0 Å². The predicted molar refractivity (Wildman–Crippen MR) is 65.4 cm³/mol. The van der Waals surface area contributed by atoms with Crippen LogP contribution in [0.4, 0.5) is 5.69 Å². The lowest BCUT2D eigenvalue weighted by Gasteiger charge is -2.05. The van der Waals surface area contributed by atoms with Crippen LogP contribution in [-0.2, 0) is 0 Å². The molecule has 4 nitrogen and oxygen atoms in total. The molecule has 0 saturated carbocycles. The Kier molecular flexibility index (Phi) is 3.05. The van der Waals surface area contributed by atoms with Crippen LogP contribution < -0.4 is 5.32 Å². The largest absolute Gasteiger partial charge is 0.341 e. The lowest BCUT2D eigenvalue weighted by Crippen LogP contribution is -2.12. The number of aryl methyl sites for hydroxylation is 1. The molecule has 16 heavy (non-hydrogen) atoms. The van der Waals surface area contributed by atoms with Gasteiger partial charge in [0.2, 0.25) is 0 Å². The second kappa shape index (κ2) is 4.49. The molecule has 2 rings (SSSR count). The van der Waals surface area contributed by atoms with Crippen molar-refractivity contribution in [2.24, 2.45) is 0 Å². The minimum atomic E-state index is -0.201. The Balaban J connectivity index is 2.15. The predicted octanol–water partition coefficient (Wildman–Crippen LogP) is 2.73. The molecular weight excluding hydrogens is 270 g/mol. The second-order valence-electron chi connectivity index (χ2n) is 3.38. The van der Waals surface area contributed by atoms with E-state index < -0.39 is 0 Å². The molecule has 0 bridgehead atoms. The summed E-state index contributed by atoms with van der Waals surface area (Å²) in [5.74, 6) is -0.201. The Morgan fingerprint density at radius 3 is 2.94 bits per heavy atom. The first kappa shape index (κ1) is 10.9. The maximum absolute atomic E-state index is 11.7. The summed E-state index contributed by atoms with van der Waals surface area (Å²) in [4.78, 5) is 18.2. The van der Waals surface area contributed by atoms with Crippen molar-refractivity contribution < 1.29 is 4.79 Å². The number of nitrogens with zero attached hydrogens (tertiary/aromatic N) is 1. The summed E-state index contributed by atoms with van der Waals surface area (Å²) in [7, 11) is 0. The van der Waals surface area contributed by atoms with Crippen molar-refractivity contribution >= 4 is 27.5 Å². The van der Waals surface area contributed by atoms with E-state index >= 15 is 0 Å². The monoisotopic (exact) mass is 279 g/mol. The molecule has 2 N–H and O–H groups in total. The Bertz CT molecular complexity index is 508. The van der Waals surface area contributed by atoms with Gasteiger partial charge in [0, 0.05) is 10.2 Å². The van der Waals surface area contributed by atoms with Crippen LogP contribution >= 0.6 is 15.9 Å². The van der Waals surface area contributed by atoms with E-state index in [1.54, 1.807) is 0 Å². The number of amides is 1. The van der Waals surface area contributed by atoms with Gasteiger partial charge < -0.3 is 10.3 Å². The molecule has 1 heterocycles. The van der Waals surface area contributed by atoms with Crippen molar-refractivity contribution in [2.75, 3.05) is 5.32 Å². The van der Waals surface area contributed by atoms with Crippen molar-refractivity contribution in [2.45, 2.75) is 6.92 Å². The number of anilines is 1. The van der Waals surface area contributed by atoms with Crippen LogP contribution in [0.2, 0.25) is 0 Å². The van der Waals surface area contributed by atoms with Crippen LogP contribution in [0.5, 0.6) is 0 Å². The lowest BCUT2D eigenvalue weighted by molar-refractivity contribution is 0.102. The Morgan fingerprint density at radius 1 is 1.50 bits per heavy atom. The van der Waals surface area contributed by atoms with E-state index in [0.717, 1.165) is 15.7 Å². The van der Waals surface area contributed by atoms with Crippen LogP contribution in [0.1, 0.15) is 16.1 Å². The van der Waals surface area contributed by atoms with E-state index in [1.807, 2.05) is 25.1 Å². The fraction of sp³-hybridized carbons (Fsp3) is 0.0909. The van der Waals surface area contributed by atoms with Gasteiger partial charge in [-0.25, -0.2) is 4.98 Å². The molecule has 0 spiro atoms. The molecule has 1 aromatic heterocycles. The Labute approximate surface area is 101 Å². The first-order valence-corrected chi connectivity index (χ1v) is 5.52. The molecule has 82 valence electrons. The number of hydrogen-bond acceptors (Lipinski definition) is 2. The van der Waals surface area contributed by atoms with Crippen LogP contribution in [0, 0.1) is 6.92 Å². The highest BCUT2D eigenvalue weighted by atomic mass is 79.9. The summed E-state index contributed by atoms with van der Waals surface area (Å²) in [5, 5.41) is 2.77. The van der Waals surface area contributed by atoms with Crippen LogP contribution in [0.3, 0.4) is 0 Å². The number of hydrogen-bond donors (Lipinski definition) is 2. The molecule has 1 amide bonds. The third-order valence-corrected chi connectivity index (χ3v) is 3.03. The van der Waals surface area contributed by atoms with E-state index in [4.69, 9.17) is 0 Å². The van der Waals surface area contributed by atoms with Crippen molar-refractivity contribution in [3.05, 3.63) is 46.5 Å². The molecule has 2 aromatic rings. The average Bonchev–Trinajstić information content (AvgIpc) is 2.77. The van der Waals surface area contributed by atoms with E-state index in [9.17, 15) is 4.79 Å². The maximum atomic E-state index is 11.7. The average molecular weight is 280 g/mol. The van der Waals surface area contributed by atoms with Gasteiger partial charge >= 0.3 is 0 Å². The maximum Gasteiger partial charge on any atom is 0.273 e. The van der Waals surface area contributed by atoms with Gasteiger partial charge in [-0.15, -0.1) is 0 Å². The van der Waals surface area contributed by atoms with Gasteiger partial charge in [-0.1, -0.05) is 22.0 Å². The van der Waals surface area contributed by atoms with Crippen LogP contribution in [0.15, 0.2) is 35.2 Å². The number of nitrogens with one attached hydrogen (secondary N) is 2. The van der Waals surface area contributed by atoms with Crippen LogP contribution in [0.25, 0.3) is 0 Å². The zero-order valence-corrected chi connectivity index (χ0v) is 10.2. The number of imidazole rings is 1. The quantitative estimate of drug-likeness (QED) is 0.888. The van der Waals surface area contributed by atoms with E-state index in [0.29, 0.717) is 5.69 Å². The molecule has 0 atom stereocenters. The van der Waals surface area contributed by atoms with Crippen molar-refractivity contribution in [3.63, 3.8) is 0 Å². The normalized spacial score (nSPS) is 10.1. The third kappa shape index (κ3) is 2.30. The van der Waals surface area contributed by atoms with Gasteiger partial charge in [0.25, 0.3) is 5.91 Å². The first-order chi connectivity index (χ1) is 7.66. The minimum Gasteiger partial charge on any atom is -0.341 e. The molecular formula is C11H10BrN3O. The standard InChI is InChI=1S/C11H10BrN3O/c1-7-2-3-8(4-9(7)12)15-11(16)10-5-13-6-14-10/h2-6H,1H3,(H,13,14)(H,15,16). The van der Waals surface area contributed by atoms with Gasteiger partial charge in [0.1, 0.15) is 5.69 Å². The van der Waals surface area contributed by atoms with Gasteiger partial charge in [0.15, 0.2) is 0 Å². The highest BCUT2D eigenvalue weighted by Gasteiger charge is 2.07. The smallest absolute Gasteiger partial charge is 0.273 e. The molecule has 0 aliphatic heterocycles. The molecule has 0 aliphatic carbocycles. The summed E-state index contributed by atoms with van der Waals surface area (Å²) in [6.07, 6.45) is 2.96. The molecule has 0 fully saturated rings. The zero-order valence-electron chi connectivity index (χ0n) is 8.62. The fourth-order valence-electron chi connectivity index (χ4n) is 1.25. The minimum absolute atomic E-state index is 0.201. The summed E-state index contributed by atoms with van der Waals surface area (Å²) in [5.41, 5.74) is 2.31. The number of carbonyl (C=O) groups excluding carboxylic acids is 1. The first-order valence-electron chi connectivity index (χ1n) is 4.72. The molecule has 5 heteroatoms. The van der Waals surface area contributed by atoms with Gasteiger partial charge in [0.05, 0.1) is 12.5 Å². The summed E-state index contributed by atoms with van der Waals surface area (Å²) in [6, 6.07) is 5.66. The van der Waals surface area contributed by atoms with Crippen molar-refractivity contribution in [1.82, 2.24) is 9.97 Å². The van der Waals surface area contributed by atoms with E-state index in [-0.39, 0.29) is 5.91 Å². The number of aromatic amines is 1. The number of rotatable bonds is 2. The number of H-pyrrole nitrogens is 1. The fourth-order valence-corrected chi connectivity index (χ4v) is 1.63. The molecule has 0 radical (unpaired) electrons. The van der Waals surface area contributed by atoms with Gasteiger partial charge in [-0.2, -0.15) is 0 Å². The van der Waals surface area contributed by atoms with E-state index in [1.165, 1.54) is 12.5 Å². The highest BCUT2D eigenvalue weighted by molar-refractivity contribution is 9.10. The van der Waals surface area contributed by atoms with Crippen molar-refractivity contribution in [1.29, 1.82) is 0 Å². The van der Waals surface area contributed by atoms with Crippen LogP contribution in [-0.4, -0.2) is 15.9 Å². The summed E-state index contributed by atoms with van der Waals surface area (Å²) >= 11 is 3.41. The third-order valence-electron chi connectivity index (χ3n) is 2.17. The van der Waals surface area contributed by atoms with Gasteiger partial charge in [-0.3, -0.25) is 4.79 Å². The molecule has 0 aliphatic rings.